The van der Waals surface area contributed by atoms with Crippen LogP contribution in [0.1, 0.15) is 30.9 Å². The molecule has 1 saturated carbocycles. The fourth-order valence-corrected chi connectivity index (χ4v) is 3.85. The lowest BCUT2D eigenvalue weighted by molar-refractivity contribution is -0.198. The molecule has 0 aromatic heterocycles. The highest BCUT2D eigenvalue weighted by Crippen LogP contribution is 2.38. The molecule has 3 rings (SSSR count). The number of benzene rings is 2. The topological polar surface area (TPSA) is 191 Å². The average Bonchev–Trinajstić information content (AvgIpc) is 2.83. The van der Waals surface area contributed by atoms with E-state index < -0.39 is 60.2 Å². The van der Waals surface area contributed by atoms with Crippen LogP contribution in [0, 0.1) is 5.92 Å². The Kier molecular flexibility index (Phi) is 8.08. The Morgan fingerprint density at radius 1 is 0.838 bits per heavy atom. The zero-order valence-corrected chi connectivity index (χ0v) is 19.6. The molecule has 4 atom stereocenters. The summed E-state index contributed by atoms with van der Waals surface area (Å²) in [5.74, 6) is -5.60. The summed E-state index contributed by atoms with van der Waals surface area (Å²) in [7, 11) is 0. The van der Waals surface area contributed by atoms with Crippen molar-refractivity contribution < 1.29 is 54.5 Å². The number of rotatable bonds is 7. The van der Waals surface area contributed by atoms with E-state index >= 15 is 0 Å². The molecule has 2 aromatic carbocycles. The molecule has 37 heavy (non-hydrogen) atoms. The Labute approximate surface area is 211 Å². The molecular weight excluding hydrogens is 488 g/mol. The molecule has 0 bridgehead atoms. The third kappa shape index (κ3) is 6.58. The molecule has 11 heteroatoms. The number of carboxylic acid groups (broad SMARTS) is 1. The molecule has 0 heterocycles. The number of phenols is 4. The minimum atomic E-state index is -2.18. The molecule has 6 N–H and O–H groups in total. The maximum atomic E-state index is 12.5. The highest BCUT2D eigenvalue weighted by Gasteiger charge is 2.53. The Balaban J connectivity index is 1.73. The van der Waals surface area contributed by atoms with Crippen molar-refractivity contribution in [3.63, 3.8) is 0 Å². The summed E-state index contributed by atoms with van der Waals surface area (Å²) in [6.45, 7) is 1.56. The summed E-state index contributed by atoms with van der Waals surface area (Å²) in [6, 6.07) is 7.67. The second kappa shape index (κ2) is 11.0. The summed E-state index contributed by atoms with van der Waals surface area (Å²) in [5, 5.41) is 58.2. The predicted molar refractivity (Wildman–Crippen MR) is 128 cm³/mol. The molecule has 0 aliphatic heterocycles. The highest BCUT2D eigenvalue weighted by molar-refractivity contribution is 5.91. The second-order valence-electron chi connectivity index (χ2n) is 8.69. The molecule has 0 spiro atoms. The number of aliphatic hydroxyl groups is 1. The van der Waals surface area contributed by atoms with Crippen molar-refractivity contribution in [2.75, 3.05) is 0 Å². The SMILES string of the molecule is C[C@H]1C(O)C[C@@](OC(=O)/C=C/c2ccc(O)c(O)c2)(C(=O)O)CC1OC(=O)/C=C/c1ccc(O)c(O)c1. The summed E-state index contributed by atoms with van der Waals surface area (Å²) in [6.07, 6.45) is 1.27. The first-order chi connectivity index (χ1) is 17.4. The Bertz CT molecular complexity index is 1250. The average molecular weight is 514 g/mol. The predicted octanol–water partition coefficient (Wildman–Crippen LogP) is 2.30. The van der Waals surface area contributed by atoms with Gasteiger partial charge in [-0.25, -0.2) is 14.4 Å². The highest BCUT2D eigenvalue weighted by atomic mass is 16.6. The quantitative estimate of drug-likeness (QED) is 0.180. The summed E-state index contributed by atoms with van der Waals surface area (Å²) < 4.78 is 10.6. The molecule has 0 amide bonds. The van der Waals surface area contributed by atoms with Crippen molar-refractivity contribution in [3.05, 3.63) is 59.7 Å². The molecule has 1 aliphatic rings. The summed E-state index contributed by atoms with van der Waals surface area (Å²) in [4.78, 5) is 37.0. The molecular formula is C26H26O11. The van der Waals surface area contributed by atoms with Crippen LogP contribution in [0.15, 0.2) is 48.6 Å². The monoisotopic (exact) mass is 514 g/mol. The number of carboxylic acids is 1. The molecule has 1 aliphatic carbocycles. The van der Waals surface area contributed by atoms with Gasteiger partial charge in [-0.05, 0) is 47.5 Å². The van der Waals surface area contributed by atoms with E-state index in [9.17, 15) is 45.0 Å². The van der Waals surface area contributed by atoms with Gasteiger partial charge in [0.1, 0.15) is 6.10 Å². The van der Waals surface area contributed by atoms with Crippen molar-refractivity contribution in [1.82, 2.24) is 0 Å². The first-order valence-electron chi connectivity index (χ1n) is 11.2. The van der Waals surface area contributed by atoms with Gasteiger partial charge in [0.05, 0.1) is 6.10 Å². The molecule has 0 saturated heterocycles. The van der Waals surface area contributed by atoms with E-state index in [1.807, 2.05) is 0 Å². The zero-order valence-electron chi connectivity index (χ0n) is 19.6. The molecule has 2 unspecified atom stereocenters. The van der Waals surface area contributed by atoms with Crippen molar-refractivity contribution in [2.24, 2.45) is 5.92 Å². The third-order valence-electron chi connectivity index (χ3n) is 6.04. The lowest BCUT2D eigenvalue weighted by Crippen LogP contribution is -2.56. The van der Waals surface area contributed by atoms with Crippen LogP contribution in [0.5, 0.6) is 23.0 Å². The number of ether oxygens (including phenoxy) is 2. The molecule has 0 radical (unpaired) electrons. The zero-order chi connectivity index (χ0) is 27.3. The van der Waals surface area contributed by atoms with Crippen LogP contribution in [0.25, 0.3) is 12.2 Å². The molecule has 1 fully saturated rings. The Morgan fingerprint density at radius 3 is 1.84 bits per heavy atom. The molecule has 196 valence electrons. The lowest BCUT2D eigenvalue weighted by atomic mass is 9.75. The number of hydrogen-bond donors (Lipinski definition) is 6. The number of carbonyl (C=O) groups excluding carboxylic acids is 2. The number of aliphatic hydroxyl groups excluding tert-OH is 1. The van der Waals surface area contributed by atoms with Crippen molar-refractivity contribution in [1.29, 1.82) is 0 Å². The number of aromatic hydroxyl groups is 4. The minimum absolute atomic E-state index is 0.328. The standard InChI is InChI=1S/C26H26O11/c1-14-21(31)12-26(25(34)35,37-24(33)9-5-16-3-7-18(28)20(30)11-16)13-22(14)36-23(32)8-4-15-2-6-17(27)19(29)10-15/h2-11,14,21-22,27-31H,12-13H2,1H3,(H,34,35)/b8-4+,9-5+/t14-,21?,22?,26-/m0/s1. The van der Waals surface area contributed by atoms with Crippen LogP contribution >= 0.6 is 0 Å². The van der Waals surface area contributed by atoms with Gasteiger partial charge in [-0.2, -0.15) is 0 Å². The van der Waals surface area contributed by atoms with E-state index in [2.05, 4.69) is 0 Å². The van der Waals surface area contributed by atoms with E-state index in [4.69, 9.17) is 9.47 Å². The van der Waals surface area contributed by atoms with Crippen LogP contribution < -0.4 is 0 Å². The second-order valence-corrected chi connectivity index (χ2v) is 8.69. The number of esters is 2. The van der Waals surface area contributed by atoms with E-state index in [-0.39, 0.29) is 17.2 Å². The van der Waals surface area contributed by atoms with Crippen LogP contribution in [0.3, 0.4) is 0 Å². The van der Waals surface area contributed by atoms with Gasteiger partial charge in [0.2, 0.25) is 5.60 Å². The summed E-state index contributed by atoms with van der Waals surface area (Å²) in [5.41, 5.74) is -1.47. The van der Waals surface area contributed by atoms with Gasteiger partial charge in [-0.3, -0.25) is 0 Å². The maximum absolute atomic E-state index is 12.5. The third-order valence-corrected chi connectivity index (χ3v) is 6.04. The van der Waals surface area contributed by atoms with E-state index in [0.717, 1.165) is 12.2 Å². The van der Waals surface area contributed by atoms with Crippen molar-refractivity contribution >= 4 is 30.1 Å². The van der Waals surface area contributed by atoms with Crippen molar-refractivity contribution in [3.8, 4) is 23.0 Å². The largest absolute Gasteiger partial charge is 0.504 e. The lowest BCUT2D eigenvalue weighted by Gasteiger charge is -2.42. The van der Waals surface area contributed by atoms with Crippen LogP contribution in [-0.4, -0.2) is 66.4 Å². The van der Waals surface area contributed by atoms with Crippen LogP contribution in [-0.2, 0) is 23.9 Å². The number of carbonyl (C=O) groups is 3. The Hall–Kier alpha value is -4.51. The van der Waals surface area contributed by atoms with Crippen LogP contribution in [0.2, 0.25) is 0 Å². The fourth-order valence-electron chi connectivity index (χ4n) is 3.85. The van der Waals surface area contributed by atoms with Gasteiger partial charge in [0.25, 0.3) is 0 Å². The Morgan fingerprint density at radius 2 is 1.35 bits per heavy atom. The smallest absolute Gasteiger partial charge is 0.348 e. The van der Waals surface area contributed by atoms with Gasteiger partial charge < -0.3 is 40.1 Å². The summed E-state index contributed by atoms with van der Waals surface area (Å²) >= 11 is 0. The normalized spacial score (nSPS) is 23.7. The first-order valence-corrected chi connectivity index (χ1v) is 11.2. The van der Waals surface area contributed by atoms with Crippen molar-refractivity contribution in [2.45, 2.75) is 37.6 Å². The molecule has 2 aromatic rings. The van der Waals surface area contributed by atoms with Crippen LogP contribution in [0.4, 0.5) is 0 Å². The molecule has 11 nitrogen and oxygen atoms in total. The van der Waals surface area contributed by atoms with E-state index in [0.29, 0.717) is 11.1 Å². The maximum Gasteiger partial charge on any atom is 0.348 e. The van der Waals surface area contributed by atoms with E-state index in [1.165, 1.54) is 48.6 Å². The van der Waals surface area contributed by atoms with Gasteiger partial charge in [0.15, 0.2) is 23.0 Å². The van der Waals surface area contributed by atoms with E-state index in [1.54, 1.807) is 6.92 Å². The fraction of sp³-hybridized carbons (Fsp3) is 0.269. The number of phenolic OH excluding ortho intramolecular Hbond substituents is 4. The van der Waals surface area contributed by atoms with Gasteiger partial charge in [-0.15, -0.1) is 0 Å². The first kappa shape index (κ1) is 27.1. The van der Waals surface area contributed by atoms with Gasteiger partial charge in [0, 0.05) is 30.9 Å². The van der Waals surface area contributed by atoms with Gasteiger partial charge in [-0.1, -0.05) is 19.1 Å². The number of hydrogen-bond acceptors (Lipinski definition) is 10. The number of aliphatic carboxylic acids is 1. The van der Waals surface area contributed by atoms with Gasteiger partial charge >= 0.3 is 17.9 Å². The minimum Gasteiger partial charge on any atom is -0.504 e.